The molecule has 4 rings (SSSR count). The quantitative estimate of drug-likeness (QED) is 0.499. The van der Waals surface area contributed by atoms with Crippen molar-refractivity contribution in [2.75, 3.05) is 11.9 Å². The summed E-state index contributed by atoms with van der Waals surface area (Å²) in [6.45, 7) is 1.92. The van der Waals surface area contributed by atoms with Gasteiger partial charge in [-0.1, -0.05) is 30.3 Å². The third kappa shape index (κ3) is 4.39. The van der Waals surface area contributed by atoms with Gasteiger partial charge in [0, 0.05) is 7.05 Å². The van der Waals surface area contributed by atoms with Gasteiger partial charge in [0.2, 0.25) is 0 Å². The highest BCUT2D eigenvalue weighted by Gasteiger charge is 2.21. The molecule has 2 aromatic heterocycles. The Morgan fingerprint density at radius 1 is 1.06 bits per heavy atom. The second kappa shape index (κ2) is 8.93. The van der Waals surface area contributed by atoms with Crippen molar-refractivity contribution in [3.63, 3.8) is 0 Å². The molecule has 2 aromatic carbocycles. The fraction of sp³-hybridized carbons (Fsp3) is 0.130. The molecule has 2 heterocycles. The third-order valence-corrected chi connectivity index (χ3v) is 5.83. The second-order valence-corrected chi connectivity index (χ2v) is 7.93. The summed E-state index contributed by atoms with van der Waals surface area (Å²) in [6.07, 6.45) is 3.11. The molecule has 0 radical (unpaired) electrons. The molecule has 1 atom stereocenters. The Morgan fingerprint density at radius 2 is 1.84 bits per heavy atom. The minimum Gasteiger partial charge on any atom is -0.345 e. The fourth-order valence-corrected chi connectivity index (χ4v) is 3.95. The summed E-state index contributed by atoms with van der Waals surface area (Å²) >= 11 is 1.37. The predicted molar refractivity (Wildman–Crippen MR) is 121 cm³/mol. The monoisotopic (exact) mass is 431 g/mol. The number of amides is 2. The molecule has 0 spiro atoms. The number of thiophene rings is 1. The molecule has 1 N–H and O–H groups in total. The number of hydrogen-bond donors (Lipinski definition) is 1. The molecule has 1 unspecified atom stereocenters. The van der Waals surface area contributed by atoms with E-state index in [4.69, 9.17) is 0 Å². The molecule has 2 amide bonds. The van der Waals surface area contributed by atoms with Crippen LogP contribution in [0.25, 0.3) is 5.69 Å². The summed E-state index contributed by atoms with van der Waals surface area (Å²) in [5, 5.41) is 9.00. The average Bonchev–Trinajstić information content (AvgIpc) is 3.53. The zero-order valence-corrected chi connectivity index (χ0v) is 17.9. The number of anilines is 1. The smallest absolute Gasteiger partial charge is 0.268 e. The van der Waals surface area contributed by atoms with Crippen LogP contribution >= 0.6 is 11.3 Å². The lowest BCUT2D eigenvalue weighted by molar-refractivity contribution is 0.0940. The standard InChI is InChI=1S/C23H21N5O2S/c1-16(17-9-11-18(12-10-17)28-15-24-14-25-28)26-22(29)19-6-3-4-7-20(19)27(2)23(30)21-8-5-13-31-21/h3-16H,1-2H3,(H,26,29). The first kappa shape index (κ1) is 20.5. The number of rotatable bonds is 6. The van der Waals surface area contributed by atoms with Crippen LogP contribution in [0.1, 0.15) is 38.6 Å². The lowest BCUT2D eigenvalue weighted by atomic mass is 10.1. The van der Waals surface area contributed by atoms with Gasteiger partial charge in [-0.3, -0.25) is 9.59 Å². The van der Waals surface area contributed by atoms with E-state index in [1.807, 2.05) is 48.7 Å². The summed E-state index contributed by atoms with van der Waals surface area (Å²) < 4.78 is 1.67. The van der Waals surface area contributed by atoms with Gasteiger partial charge in [-0.25, -0.2) is 9.67 Å². The highest BCUT2D eigenvalue weighted by molar-refractivity contribution is 7.12. The number of nitrogens with one attached hydrogen (secondary N) is 1. The van der Waals surface area contributed by atoms with Crippen molar-refractivity contribution in [2.45, 2.75) is 13.0 Å². The van der Waals surface area contributed by atoms with Gasteiger partial charge in [-0.2, -0.15) is 5.10 Å². The Hall–Kier alpha value is -3.78. The molecule has 4 aromatic rings. The second-order valence-electron chi connectivity index (χ2n) is 6.99. The summed E-state index contributed by atoms with van der Waals surface area (Å²) in [6, 6.07) is 18.2. The van der Waals surface area contributed by atoms with Gasteiger partial charge >= 0.3 is 0 Å². The first-order valence-electron chi connectivity index (χ1n) is 9.71. The van der Waals surface area contributed by atoms with E-state index in [-0.39, 0.29) is 17.9 Å². The van der Waals surface area contributed by atoms with Gasteiger partial charge in [0.05, 0.1) is 27.9 Å². The van der Waals surface area contributed by atoms with E-state index in [0.717, 1.165) is 11.3 Å². The van der Waals surface area contributed by atoms with Crippen LogP contribution in [-0.2, 0) is 0 Å². The largest absolute Gasteiger partial charge is 0.345 e. The highest BCUT2D eigenvalue weighted by atomic mass is 32.1. The number of nitrogens with zero attached hydrogens (tertiary/aromatic N) is 4. The van der Waals surface area contributed by atoms with Crippen molar-refractivity contribution >= 4 is 28.8 Å². The van der Waals surface area contributed by atoms with E-state index >= 15 is 0 Å². The molecule has 0 aliphatic heterocycles. The lowest BCUT2D eigenvalue weighted by Crippen LogP contribution is -2.31. The topological polar surface area (TPSA) is 80.1 Å². The number of carbonyl (C=O) groups excluding carboxylic acids is 2. The van der Waals surface area contributed by atoms with Crippen molar-refractivity contribution in [1.82, 2.24) is 20.1 Å². The van der Waals surface area contributed by atoms with Gasteiger partial charge in [0.1, 0.15) is 12.7 Å². The number of aromatic nitrogens is 3. The predicted octanol–water partition coefficient (Wildman–Crippen LogP) is 4.10. The van der Waals surface area contributed by atoms with Gasteiger partial charge in [-0.15, -0.1) is 11.3 Å². The van der Waals surface area contributed by atoms with Crippen LogP contribution in [0.15, 0.2) is 78.7 Å². The van der Waals surface area contributed by atoms with Crippen LogP contribution in [-0.4, -0.2) is 33.6 Å². The summed E-state index contributed by atoms with van der Waals surface area (Å²) in [5.41, 5.74) is 2.85. The summed E-state index contributed by atoms with van der Waals surface area (Å²) in [5.74, 6) is -0.388. The van der Waals surface area contributed by atoms with Gasteiger partial charge in [0.25, 0.3) is 11.8 Å². The Bertz CT molecular complexity index is 1170. The summed E-state index contributed by atoms with van der Waals surface area (Å²) in [7, 11) is 1.68. The van der Waals surface area contributed by atoms with E-state index < -0.39 is 0 Å². The molecule has 156 valence electrons. The van der Waals surface area contributed by atoms with E-state index in [2.05, 4.69) is 15.4 Å². The highest BCUT2D eigenvalue weighted by Crippen LogP contribution is 2.24. The van der Waals surface area contributed by atoms with Crippen LogP contribution in [0.4, 0.5) is 5.69 Å². The molecule has 8 heteroatoms. The molecule has 0 fully saturated rings. The molecule has 0 aliphatic rings. The van der Waals surface area contributed by atoms with E-state index in [1.54, 1.807) is 42.3 Å². The number of carbonyl (C=O) groups is 2. The van der Waals surface area contributed by atoms with Crippen LogP contribution in [0.3, 0.4) is 0 Å². The van der Waals surface area contributed by atoms with E-state index in [1.165, 1.54) is 22.6 Å². The van der Waals surface area contributed by atoms with Crippen LogP contribution < -0.4 is 10.2 Å². The Morgan fingerprint density at radius 3 is 2.52 bits per heavy atom. The third-order valence-electron chi connectivity index (χ3n) is 4.97. The Kier molecular flexibility index (Phi) is 5.90. The molecule has 0 saturated carbocycles. The maximum Gasteiger partial charge on any atom is 0.268 e. The Balaban J connectivity index is 1.50. The lowest BCUT2D eigenvalue weighted by Gasteiger charge is -2.21. The van der Waals surface area contributed by atoms with Gasteiger partial charge in [-0.05, 0) is 48.2 Å². The molecule has 31 heavy (non-hydrogen) atoms. The first-order valence-corrected chi connectivity index (χ1v) is 10.6. The SMILES string of the molecule is CC(NC(=O)c1ccccc1N(C)C(=O)c1cccs1)c1ccc(-n2cncn2)cc1. The van der Waals surface area contributed by atoms with Crippen LogP contribution in [0, 0.1) is 0 Å². The molecular weight excluding hydrogens is 410 g/mol. The Labute approximate surface area is 184 Å². The molecule has 7 nitrogen and oxygen atoms in total. The number of para-hydroxylation sites is 1. The minimum atomic E-state index is -0.241. The maximum atomic E-state index is 13.0. The van der Waals surface area contributed by atoms with Crippen molar-refractivity contribution in [1.29, 1.82) is 0 Å². The van der Waals surface area contributed by atoms with Crippen molar-refractivity contribution in [3.8, 4) is 5.69 Å². The molecular formula is C23H21N5O2S. The van der Waals surface area contributed by atoms with Gasteiger partial charge in [0.15, 0.2) is 0 Å². The number of benzene rings is 2. The van der Waals surface area contributed by atoms with Crippen LogP contribution in [0.5, 0.6) is 0 Å². The minimum absolute atomic E-state index is 0.146. The van der Waals surface area contributed by atoms with E-state index in [9.17, 15) is 9.59 Å². The van der Waals surface area contributed by atoms with Crippen molar-refractivity contribution in [2.24, 2.45) is 0 Å². The number of hydrogen-bond acceptors (Lipinski definition) is 5. The van der Waals surface area contributed by atoms with Crippen molar-refractivity contribution in [3.05, 3.63) is 94.7 Å². The van der Waals surface area contributed by atoms with Gasteiger partial charge < -0.3 is 10.2 Å². The molecule has 0 saturated heterocycles. The molecule has 0 aliphatic carbocycles. The average molecular weight is 432 g/mol. The molecule has 0 bridgehead atoms. The van der Waals surface area contributed by atoms with Crippen LogP contribution in [0.2, 0.25) is 0 Å². The van der Waals surface area contributed by atoms with Crippen molar-refractivity contribution < 1.29 is 9.59 Å². The zero-order chi connectivity index (χ0) is 21.8. The first-order chi connectivity index (χ1) is 15.0. The normalized spacial score (nSPS) is 11.7. The fourth-order valence-electron chi connectivity index (χ4n) is 3.25. The zero-order valence-electron chi connectivity index (χ0n) is 17.1. The maximum absolute atomic E-state index is 13.0. The van der Waals surface area contributed by atoms with E-state index in [0.29, 0.717) is 16.1 Å². The summed E-state index contributed by atoms with van der Waals surface area (Å²) in [4.78, 5) is 31.9.